The highest BCUT2D eigenvalue weighted by Gasteiger charge is 2.32. The maximum absolute atomic E-state index is 12.0. The first-order valence-electron chi connectivity index (χ1n) is 6.77. The molecule has 2 heterocycles. The standard InChI is InChI=1S/C13H25N3O/c1-13(2,3)14-12(17)16-9-6-11(10-16)15-7-4-5-8-15/h11H,4-10H2,1-3H3,(H,14,17). The molecule has 0 aromatic heterocycles. The normalized spacial score (nSPS) is 26.5. The van der Waals surface area contributed by atoms with E-state index in [0.717, 1.165) is 19.5 Å². The smallest absolute Gasteiger partial charge is 0.317 e. The number of carbonyl (C=O) groups is 1. The van der Waals surface area contributed by atoms with Crippen LogP contribution in [0.1, 0.15) is 40.0 Å². The van der Waals surface area contributed by atoms with Gasteiger partial charge in [-0.2, -0.15) is 0 Å². The largest absolute Gasteiger partial charge is 0.333 e. The third-order valence-corrected chi connectivity index (χ3v) is 3.59. The molecule has 2 aliphatic heterocycles. The molecule has 4 heteroatoms. The lowest BCUT2D eigenvalue weighted by Crippen LogP contribution is -2.48. The van der Waals surface area contributed by atoms with E-state index in [9.17, 15) is 4.79 Å². The maximum Gasteiger partial charge on any atom is 0.317 e. The number of nitrogens with one attached hydrogen (secondary N) is 1. The zero-order valence-electron chi connectivity index (χ0n) is 11.3. The van der Waals surface area contributed by atoms with Gasteiger partial charge in [0, 0.05) is 24.7 Å². The molecule has 4 nitrogen and oxygen atoms in total. The van der Waals surface area contributed by atoms with Crippen LogP contribution < -0.4 is 5.32 Å². The van der Waals surface area contributed by atoms with Gasteiger partial charge in [-0.15, -0.1) is 0 Å². The predicted molar refractivity (Wildman–Crippen MR) is 69.1 cm³/mol. The van der Waals surface area contributed by atoms with Crippen molar-refractivity contribution in [2.45, 2.75) is 51.6 Å². The molecular formula is C13H25N3O. The van der Waals surface area contributed by atoms with E-state index in [-0.39, 0.29) is 11.6 Å². The topological polar surface area (TPSA) is 35.6 Å². The number of rotatable bonds is 1. The SMILES string of the molecule is CC(C)(C)NC(=O)N1CCC(N2CCCC2)C1. The zero-order chi connectivity index (χ0) is 12.5. The van der Waals surface area contributed by atoms with Gasteiger partial charge >= 0.3 is 6.03 Å². The molecule has 2 amide bonds. The molecule has 1 N–H and O–H groups in total. The van der Waals surface area contributed by atoms with Gasteiger partial charge in [0.25, 0.3) is 0 Å². The Kier molecular flexibility index (Phi) is 3.61. The van der Waals surface area contributed by atoms with Crippen LogP contribution in [0, 0.1) is 0 Å². The summed E-state index contributed by atoms with van der Waals surface area (Å²) < 4.78 is 0. The van der Waals surface area contributed by atoms with Gasteiger partial charge < -0.3 is 10.2 Å². The molecule has 0 aliphatic carbocycles. The average molecular weight is 239 g/mol. The molecular weight excluding hydrogens is 214 g/mol. The molecule has 1 unspecified atom stereocenters. The number of carbonyl (C=O) groups excluding carboxylic acids is 1. The van der Waals surface area contributed by atoms with Crippen molar-refractivity contribution in [3.05, 3.63) is 0 Å². The van der Waals surface area contributed by atoms with Crippen molar-refractivity contribution in [3.8, 4) is 0 Å². The third-order valence-electron chi connectivity index (χ3n) is 3.59. The quantitative estimate of drug-likeness (QED) is 0.755. The van der Waals surface area contributed by atoms with Crippen LogP contribution in [0.2, 0.25) is 0 Å². The monoisotopic (exact) mass is 239 g/mol. The molecule has 0 aromatic rings. The van der Waals surface area contributed by atoms with Crippen LogP contribution in [-0.4, -0.2) is 53.6 Å². The first-order chi connectivity index (χ1) is 7.96. The Labute approximate surface area is 104 Å². The molecule has 2 fully saturated rings. The second kappa shape index (κ2) is 4.84. The molecule has 0 radical (unpaired) electrons. The highest BCUT2D eigenvalue weighted by atomic mass is 16.2. The van der Waals surface area contributed by atoms with Crippen molar-refractivity contribution in [3.63, 3.8) is 0 Å². The number of hydrogen-bond acceptors (Lipinski definition) is 2. The van der Waals surface area contributed by atoms with Gasteiger partial charge in [0.2, 0.25) is 0 Å². The van der Waals surface area contributed by atoms with Crippen LogP contribution in [0.15, 0.2) is 0 Å². The zero-order valence-corrected chi connectivity index (χ0v) is 11.3. The van der Waals surface area contributed by atoms with Gasteiger partial charge in [-0.1, -0.05) is 0 Å². The molecule has 98 valence electrons. The third kappa shape index (κ3) is 3.35. The van der Waals surface area contributed by atoms with Crippen molar-refractivity contribution < 1.29 is 4.79 Å². The van der Waals surface area contributed by atoms with E-state index in [1.165, 1.54) is 25.9 Å². The van der Waals surface area contributed by atoms with E-state index in [1.807, 2.05) is 25.7 Å². The Morgan fingerprint density at radius 2 is 1.82 bits per heavy atom. The Morgan fingerprint density at radius 1 is 1.18 bits per heavy atom. The fourth-order valence-electron chi connectivity index (χ4n) is 2.73. The second-order valence-electron chi connectivity index (χ2n) is 6.31. The van der Waals surface area contributed by atoms with Crippen molar-refractivity contribution in [1.29, 1.82) is 0 Å². The molecule has 2 rings (SSSR count). The lowest BCUT2D eigenvalue weighted by Gasteiger charge is -2.27. The minimum absolute atomic E-state index is 0.0965. The summed E-state index contributed by atoms with van der Waals surface area (Å²) in [5.41, 5.74) is -0.136. The molecule has 2 saturated heterocycles. The lowest BCUT2D eigenvalue weighted by atomic mass is 10.1. The maximum atomic E-state index is 12.0. The van der Waals surface area contributed by atoms with Crippen molar-refractivity contribution in [1.82, 2.24) is 15.1 Å². The summed E-state index contributed by atoms with van der Waals surface area (Å²) in [7, 11) is 0. The molecule has 2 aliphatic rings. The fourth-order valence-corrected chi connectivity index (χ4v) is 2.73. The van der Waals surface area contributed by atoms with Crippen LogP contribution in [0.25, 0.3) is 0 Å². The number of nitrogens with zero attached hydrogens (tertiary/aromatic N) is 2. The van der Waals surface area contributed by atoms with Gasteiger partial charge in [-0.25, -0.2) is 4.79 Å². The van der Waals surface area contributed by atoms with Crippen molar-refractivity contribution in [2.75, 3.05) is 26.2 Å². The minimum Gasteiger partial charge on any atom is -0.333 e. The van der Waals surface area contributed by atoms with E-state index in [1.54, 1.807) is 0 Å². The summed E-state index contributed by atoms with van der Waals surface area (Å²) in [5.74, 6) is 0. The average Bonchev–Trinajstić information content (AvgIpc) is 2.86. The van der Waals surface area contributed by atoms with Gasteiger partial charge in [-0.05, 0) is 53.1 Å². The number of urea groups is 1. The Balaban J connectivity index is 1.82. The Hall–Kier alpha value is -0.770. The molecule has 0 spiro atoms. The Morgan fingerprint density at radius 3 is 2.41 bits per heavy atom. The highest BCUT2D eigenvalue weighted by molar-refractivity contribution is 5.75. The van der Waals surface area contributed by atoms with Crippen molar-refractivity contribution in [2.24, 2.45) is 0 Å². The van der Waals surface area contributed by atoms with E-state index >= 15 is 0 Å². The van der Waals surface area contributed by atoms with Gasteiger partial charge in [0.15, 0.2) is 0 Å². The van der Waals surface area contributed by atoms with Crippen LogP contribution in [0.3, 0.4) is 0 Å². The number of likely N-dealkylation sites (tertiary alicyclic amines) is 2. The van der Waals surface area contributed by atoms with E-state index < -0.39 is 0 Å². The Bertz CT molecular complexity index is 279. The van der Waals surface area contributed by atoms with Crippen LogP contribution in [0.5, 0.6) is 0 Å². The van der Waals surface area contributed by atoms with Gasteiger partial charge in [0.05, 0.1) is 0 Å². The van der Waals surface area contributed by atoms with E-state index in [4.69, 9.17) is 0 Å². The first kappa shape index (κ1) is 12.7. The van der Waals surface area contributed by atoms with Crippen LogP contribution >= 0.6 is 0 Å². The van der Waals surface area contributed by atoms with Gasteiger partial charge in [0.1, 0.15) is 0 Å². The summed E-state index contributed by atoms with van der Waals surface area (Å²) in [6.07, 6.45) is 3.78. The number of amides is 2. The minimum atomic E-state index is -0.136. The second-order valence-corrected chi connectivity index (χ2v) is 6.31. The summed E-state index contributed by atoms with van der Waals surface area (Å²) in [4.78, 5) is 16.5. The summed E-state index contributed by atoms with van der Waals surface area (Å²) in [6.45, 7) is 10.3. The van der Waals surface area contributed by atoms with Gasteiger partial charge in [-0.3, -0.25) is 4.90 Å². The van der Waals surface area contributed by atoms with E-state index in [2.05, 4.69) is 10.2 Å². The molecule has 0 bridgehead atoms. The molecule has 0 saturated carbocycles. The van der Waals surface area contributed by atoms with Crippen LogP contribution in [-0.2, 0) is 0 Å². The van der Waals surface area contributed by atoms with Crippen molar-refractivity contribution >= 4 is 6.03 Å². The first-order valence-corrected chi connectivity index (χ1v) is 6.77. The number of hydrogen-bond donors (Lipinski definition) is 1. The fraction of sp³-hybridized carbons (Fsp3) is 0.923. The summed E-state index contributed by atoms with van der Waals surface area (Å²) >= 11 is 0. The highest BCUT2D eigenvalue weighted by Crippen LogP contribution is 2.20. The molecule has 17 heavy (non-hydrogen) atoms. The van der Waals surface area contributed by atoms with E-state index in [0.29, 0.717) is 6.04 Å². The molecule has 0 aromatic carbocycles. The molecule has 1 atom stereocenters. The lowest BCUT2D eigenvalue weighted by molar-refractivity contribution is 0.190. The summed E-state index contributed by atoms with van der Waals surface area (Å²) in [6, 6.07) is 0.697. The van der Waals surface area contributed by atoms with Crippen LogP contribution in [0.4, 0.5) is 4.79 Å². The summed E-state index contributed by atoms with van der Waals surface area (Å²) in [5, 5.41) is 3.04. The predicted octanol–water partition coefficient (Wildman–Crippen LogP) is 1.66.